The average Bonchev–Trinajstić information content (AvgIpc) is 3.08. The lowest BCUT2D eigenvalue weighted by Crippen LogP contribution is -2.29. The molecule has 0 spiro atoms. The zero-order valence-corrected chi connectivity index (χ0v) is 14.0. The van der Waals surface area contributed by atoms with Gasteiger partial charge in [0.05, 0.1) is 22.4 Å². The van der Waals surface area contributed by atoms with E-state index in [0.29, 0.717) is 30.1 Å². The van der Waals surface area contributed by atoms with Gasteiger partial charge in [0.25, 0.3) is 5.91 Å². The van der Waals surface area contributed by atoms with Crippen LogP contribution < -0.4 is 0 Å². The Kier molecular flexibility index (Phi) is 4.41. The van der Waals surface area contributed by atoms with Gasteiger partial charge in [0.2, 0.25) is 0 Å². The zero-order valence-electron chi connectivity index (χ0n) is 13.2. The van der Waals surface area contributed by atoms with Crippen LogP contribution >= 0.6 is 11.6 Å². The molecule has 3 rings (SSSR count). The fourth-order valence-electron chi connectivity index (χ4n) is 3.04. The highest BCUT2D eigenvalue weighted by Crippen LogP contribution is 2.25. The van der Waals surface area contributed by atoms with Crippen LogP contribution in [-0.2, 0) is 6.42 Å². The summed E-state index contributed by atoms with van der Waals surface area (Å²) in [7, 11) is 0. The molecule has 1 aromatic heterocycles. The normalized spacial score (nSPS) is 21.0. The van der Waals surface area contributed by atoms with Gasteiger partial charge >= 0.3 is 0 Å². The number of rotatable bonds is 3. The van der Waals surface area contributed by atoms with Crippen LogP contribution in [0.2, 0.25) is 5.02 Å². The SMILES string of the molecule is Cc1ccc(Cl)c(C(=O)N2C[C@@H](Cc3cc(C)[nH]n3)[C@H](O)C2)c1. The number of nitrogens with zero attached hydrogens (tertiary/aromatic N) is 2. The van der Waals surface area contributed by atoms with Gasteiger partial charge in [-0.3, -0.25) is 9.89 Å². The predicted molar refractivity (Wildman–Crippen MR) is 88.6 cm³/mol. The smallest absolute Gasteiger partial charge is 0.255 e. The van der Waals surface area contributed by atoms with Gasteiger partial charge in [-0.1, -0.05) is 23.2 Å². The summed E-state index contributed by atoms with van der Waals surface area (Å²) in [6.45, 7) is 4.71. The average molecular weight is 334 g/mol. The number of aliphatic hydroxyl groups excluding tert-OH is 1. The lowest BCUT2D eigenvalue weighted by Gasteiger charge is -2.17. The van der Waals surface area contributed by atoms with Crippen molar-refractivity contribution < 1.29 is 9.90 Å². The molecule has 0 unspecified atom stereocenters. The van der Waals surface area contributed by atoms with Crippen molar-refractivity contribution in [2.45, 2.75) is 26.4 Å². The van der Waals surface area contributed by atoms with Gasteiger partial charge in [-0.25, -0.2) is 0 Å². The van der Waals surface area contributed by atoms with Gasteiger partial charge in [-0.2, -0.15) is 5.10 Å². The maximum Gasteiger partial charge on any atom is 0.255 e. The van der Waals surface area contributed by atoms with E-state index < -0.39 is 6.10 Å². The van der Waals surface area contributed by atoms with Gasteiger partial charge < -0.3 is 10.0 Å². The van der Waals surface area contributed by atoms with Gasteiger partial charge in [-0.15, -0.1) is 0 Å². The van der Waals surface area contributed by atoms with Crippen LogP contribution in [0.1, 0.15) is 27.3 Å². The Bertz CT molecular complexity index is 728. The minimum absolute atomic E-state index is 0.00904. The third-order valence-corrected chi connectivity index (χ3v) is 4.61. The summed E-state index contributed by atoms with van der Waals surface area (Å²) in [6, 6.07) is 7.37. The number of hydrogen-bond donors (Lipinski definition) is 2. The van der Waals surface area contributed by atoms with Gasteiger partial charge in [0.15, 0.2) is 0 Å². The quantitative estimate of drug-likeness (QED) is 0.906. The molecule has 1 aromatic carbocycles. The molecule has 1 aliphatic heterocycles. The lowest BCUT2D eigenvalue weighted by molar-refractivity contribution is 0.0764. The molecule has 5 nitrogen and oxygen atoms in total. The molecular weight excluding hydrogens is 314 g/mol. The molecule has 2 aromatic rings. The second-order valence-electron chi connectivity index (χ2n) is 6.27. The fraction of sp³-hybridized carbons (Fsp3) is 0.412. The van der Waals surface area contributed by atoms with Gasteiger partial charge in [0.1, 0.15) is 0 Å². The Labute approximate surface area is 140 Å². The number of benzene rings is 1. The molecule has 122 valence electrons. The molecule has 2 atom stereocenters. The van der Waals surface area contributed by atoms with Gasteiger partial charge in [0, 0.05) is 24.7 Å². The monoisotopic (exact) mass is 333 g/mol. The third-order valence-electron chi connectivity index (χ3n) is 4.28. The van der Waals surface area contributed by atoms with E-state index >= 15 is 0 Å². The number of halogens is 1. The molecule has 1 amide bonds. The van der Waals surface area contributed by atoms with Crippen molar-refractivity contribution >= 4 is 17.5 Å². The Balaban J connectivity index is 1.72. The maximum atomic E-state index is 12.7. The first kappa shape index (κ1) is 16.0. The summed E-state index contributed by atoms with van der Waals surface area (Å²) >= 11 is 6.15. The number of aromatic nitrogens is 2. The Morgan fingerprint density at radius 3 is 2.87 bits per heavy atom. The zero-order chi connectivity index (χ0) is 16.6. The van der Waals surface area contributed by atoms with E-state index in [-0.39, 0.29) is 11.8 Å². The van der Waals surface area contributed by atoms with Crippen LogP contribution in [0.3, 0.4) is 0 Å². The molecule has 0 saturated carbocycles. The minimum Gasteiger partial charge on any atom is -0.391 e. The van der Waals surface area contributed by atoms with E-state index in [2.05, 4.69) is 10.2 Å². The maximum absolute atomic E-state index is 12.7. The first-order valence-corrected chi connectivity index (χ1v) is 8.06. The highest BCUT2D eigenvalue weighted by Gasteiger charge is 2.35. The third kappa shape index (κ3) is 3.41. The van der Waals surface area contributed by atoms with Crippen LogP contribution in [0.25, 0.3) is 0 Å². The van der Waals surface area contributed by atoms with Crippen molar-refractivity contribution in [2.75, 3.05) is 13.1 Å². The van der Waals surface area contributed by atoms with Crippen LogP contribution in [0.5, 0.6) is 0 Å². The second kappa shape index (κ2) is 6.34. The van der Waals surface area contributed by atoms with Crippen LogP contribution in [-0.4, -0.2) is 45.3 Å². The fourth-order valence-corrected chi connectivity index (χ4v) is 3.24. The number of aromatic amines is 1. The highest BCUT2D eigenvalue weighted by molar-refractivity contribution is 6.33. The van der Waals surface area contributed by atoms with E-state index in [0.717, 1.165) is 17.0 Å². The molecule has 0 bridgehead atoms. The summed E-state index contributed by atoms with van der Waals surface area (Å²) in [5, 5.41) is 17.8. The molecular formula is C17H20ClN3O2. The number of aryl methyl sites for hydroxylation is 2. The van der Waals surface area contributed by atoms with Crippen LogP contribution in [0.4, 0.5) is 0 Å². The van der Waals surface area contributed by atoms with E-state index in [4.69, 9.17) is 11.6 Å². The van der Waals surface area contributed by atoms with E-state index in [1.165, 1.54) is 0 Å². The lowest BCUT2D eigenvalue weighted by atomic mass is 10.00. The number of amides is 1. The summed E-state index contributed by atoms with van der Waals surface area (Å²) in [5.41, 5.74) is 3.39. The van der Waals surface area contributed by atoms with Crippen molar-refractivity contribution in [3.8, 4) is 0 Å². The van der Waals surface area contributed by atoms with Crippen LogP contribution in [0.15, 0.2) is 24.3 Å². The van der Waals surface area contributed by atoms with E-state index in [1.54, 1.807) is 17.0 Å². The van der Waals surface area contributed by atoms with Crippen molar-refractivity contribution in [1.29, 1.82) is 0 Å². The molecule has 1 saturated heterocycles. The van der Waals surface area contributed by atoms with Crippen molar-refractivity contribution in [1.82, 2.24) is 15.1 Å². The van der Waals surface area contributed by atoms with Gasteiger partial charge in [-0.05, 0) is 38.5 Å². The molecule has 6 heteroatoms. The molecule has 0 radical (unpaired) electrons. The molecule has 2 heterocycles. The number of likely N-dealkylation sites (tertiary alicyclic amines) is 1. The van der Waals surface area contributed by atoms with E-state index in [1.807, 2.05) is 26.0 Å². The minimum atomic E-state index is -0.542. The highest BCUT2D eigenvalue weighted by atomic mass is 35.5. The number of hydrogen-bond acceptors (Lipinski definition) is 3. The Morgan fingerprint density at radius 1 is 1.39 bits per heavy atom. The molecule has 1 fully saturated rings. The molecule has 0 aliphatic carbocycles. The second-order valence-corrected chi connectivity index (χ2v) is 6.67. The largest absolute Gasteiger partial charge is 0.391 e. The molecule has 23 heavy (non-hydrogen) atoms. The van der Waals surface area contributed by atoms with Crippen molar-refractivity contribution in [2.24, 2.45) is 5.92 Å². The number of β-amino-alcohol motifs (C(OH)–C–C–N with tert-alkyl or cyclic N) is 1. The number of carbonyl (C=O) groups excluding carboxylic acids is 1. The van der Waals surface area contributed by atoms with E-state index in [9.17, 15) is 9.90 Å². The summed E-state index contributed by atoms with van der Waals surface area (Å²) in [5.74, 6) is -0.135. The predicted octanol–water partition coefficient (Wildman–Crippen LogP) is 2.36. The number of carbonyl (C=O) groups is 1. The first-order chi connectivity index (χ1) is 10.9. The van der Waals surface area contributed by atoms with Crippen molar-refractivity contribution in [3.63, 3.8) is 0 Å². The molecule has 1 aliphatic rings. The summed E-state index contributed by atoms with van der Waals surface area (Å²) < 4.78 is 0. The number of nitrogens with one attached hydrogen (secondary N) is 1. The number of H-pyrrole nitrogens is 1. The topological polar surface area (TPSA) is 69.2 Å². The molecule has 2 N–H and O–H groups in total. The first-order valence-electron chi connectivity index (χ1n) is 7.68. The van der Waals surface area contributed by atoms with Crippen molar-refractivity contribution in [3.05, 3.63) is 51.8 Å². The Hall–Kier alpha value is -1.85. The summed E-state index contributed by atoms with van der Waals surface area (Å²) in [4.78, 5) is 14.4. The summed E-state index contributed by atoms with van der Waals surface area (Å²) in [6.07, 6.45) is 0.108. The number of aliphatic hydroxyl groups is 1. The standard InChI is InChI=1S/C17H20ClN3O2/c1-10-3-4-15(18)14(5-10)17(23)21-8-12(16(22)9-21)7-13-6-11(2)19-20-13/h3-6,12,16,22H,7-9H2,1-2H3,(H,19,20)/t12-,16-/m1/s1. The Morgan fingerprint density at radius 2 is 2.17 bits per heavy atom. The van der Waals surface area contributed by atoms with Crippen LogP contribution in [0, 0.1) is 19.8 Å².